The van der Waals surface area contributed by atoms with Crippen LogP contribution in [0.1, 0.15) is 44.9 Å². The molecule has 10 nitrogen and oxygen atoms in total. The highest BCUT2D eigenvalue weighted by Crippen LogP contribution is 2.31. The molecule has 218 valence electrons. The normalized spacial score (nSPS) is 14.3. The van der Waals surface area contributed by atoms with E-state index in [0.717, 1.165) is 52.0 Å². The summed E-state index contributed by atoms with van der Waals surface area (Å²) >= 11 is 0. The molecular weight excluding hydrogens is 556 g/mol. The van der Waals surface area contributed by atoms with E-state index in [1.807, 2.05) is 53.1 Å². The number of Topliss-reactive ketones (excluding diaryl/α,β-unsaturated/α-hetero) is 1. The van der Waals surface area contributed by atoms with Crippen LogP contribution in [0.2, 0.25) is 0 Å². The summed E-state index contributed by atoms with van der Waals surface area (Å²) in [7, 11) is 0. The average molecular weight is 585 g/mol. The number of benzene rings is 3. The number of ketones is 1. The summed E-state index contributed by atoms with van der Waals surface area (Å²) in [6, 6.07) is 24.6. The Morgan fingerprint density at radius 3 is 2.36 bits per heavy atom. The molecule has 1 N–H and O–H groups in total. The summed E-state index contributed by atoms with van der Waals surface area (Å²) in [5, 5.41) is 14.1. The predicted molar refractivity (Wildman–Crippen MR) is 169 cm³/mol. The summed E-state index contributed by atoms with van der Waals surface area (Å²) < 4.78 is 10.0. The fourth-order valence-electron chi connectivity index (χ4n) is 5.78. The molecule has 0 bridgehead atoms. The Morgan fingerprint density at radius 1 is 0.841 bits per heavy atom. The van der Waals surface area contributed by atoms with Crippen molar-refractivity contribution in [1.82, 2.24) is 24.4 Å². The molecule has 0 atom stereocenters. The maximum Gasteiger partial charge on any atom is 0.384 e. The molecule has 0 spiro atoms. The van der Waals surface area contributed by atoms with Crippen LogP contribution >= 0.6 is 0 Å². The Hall–Kier alpha value is -5.77. The molecule has 0 radical (unpaired) electrons. The first-order valence-corrected chi connectivity index (χ1v) is 14.4. The van der Waals surface area contributed by atoms with E-state index in [2.05, 4.69) is 39.8 Å². The molecule has 3 aromatic carbocycles. The third kappa shape index (κ3) is 4.86. The van der Waals surface area contributed by atoms with Gasteiger partial charge in [0.15, 0.2) is 17.4 Å². The maximum atomic E-state index is 12.2. The molecule has 10 heteroatoms. The van der Waals surface area contributed by atoms with Crippen LogP contribution in [-0.2, 0) is 13.1 Å². The molecule has 0 saturated heterocycles. The highest BCUT2D eigenvalue weighted by molar-refractivity contribution is 6.07. The predicted octanol–water partition coefficient (Wildman–Crippen LogP) is 6.07. The number of imidazole rings is 2. The lowest BCUT2D eigenvalue weighted by Gasteiger charge is -2.04. The number of carbonyl (C=O) groups is 2. The molecule has 8 rings (SSSR count). The van der Waals surface area contributed by atoms with Crippen molar-refractivity contribution in [2.24, 2.45) is 0 Å². The standard InChI is InChI=1S/C19H16N2O.C15H12N4O3/c22-17-10-5-13-21-18(12-11-14-6-2-1-3-7-14)20-16-9-4-8-15(17)19(16)21;1-18(21)12-6-5-11(22-12)14-17-10-4-2-3-9-13(10)19(14)8-7-16-15(9)20/h1-4,6-9,11-12H,5,10,13H2;2-6H,1,7-8H2,(H,16,20)/b12-11+;. The van der Waals surface area contributed by atoms with Gasteiger partial charge in [-0.2, -0.15) is 0 Å². The van der Waals surface area contributed by atoms with Crippen LogP contribution in [0.25, 0.3) is 45.8 Å². The first kappa shape index (κ1) is 27.1. The van der Waals surface area contributed by atoms with Crippen molar-refractivity contribution in [2.45, 2.75) is 25.9 Å². The lowest BCUT2D eigenvalue weighted by molar-refractivity contribution is -0.368. The summed E-state index contributed by atoms with van der Waals surface area (Å²) in [4.78, 5) is 33.6. The van der Waals surface area contributed by atoms with Crippen molar-refractivity contribution >= 4 is 58.5 Å². The van der Waals surface area contributed by atoms with E-state index in [-0.39, 0.29) is 17.6 Å². The smallest absolute Gasteiger partial charge is 0.384 e. The SMILES string of the molecule is C=[N+]([O-])c1ccc(-c2nc3cccc4c3n2CCNC4=O)o1.O=C1CCCn2c(/C=C/c3ccccc3)nc3cccc1c32. The van der Waals surface area contributed by atoms with Gasteiger partial charge in [-0.25, -0.2) is 9.97 Å². The van der Waals surface area contributed by atoms with E-state index in [1.54, 1.807) is 24.3 Å². The van der Waals surface area contributed by atoms with E-state index >= 15 is 0 Å². The maximum absolute atomic E-state index is 12.2. The second-order valence-electron chi connectivity index (χ2n) is 10.6. The molecule has 44 heavy (non-hydrogen) atoms. The van der Waals surface area contributed by atoms with Gasteiger partial charge >= 0.3 is 5.88 Å². The van der Waals surface area contributed by atoms with Crippen LogP contribution in [-0.4, -0.2) is 48.8 Å². The van der Waals surface area contributed by atoms with Gasteiger partial charge in [0, 0.05) is 31.6 Å². The van der Waals surface area contributed by atoms with E-state index in [9.17, 15) is 14.8 Å². The van der Waals surface area contributed by atoms with E-state index in [4.69, 9.17) is 9.40 Å². The molecule has 6 aromatic rings. The van der Waals surface area contributed by atoms with Crippen molar-refractivity contribution in [3.63, 3.8) is 0 Å². The van der Waals surface area contributed by atoms with Crippen LogP contribution in [0.3, 0.4) is 0 Å². The first-order chi connectivity index (χ1) is 21.5. The minimum Gasteiger partial charge on any atom is -0.616 e. The van der Waals surface area contributed by atoms with Crippen molar-refractivity contribution in [3.05, 3.63) is 107 Å². The number of aryl methyl sites for hydroxylation is 1. The molecule has 0 unspecified atom stereocenters. The quantitative estimate of drug-likeness (QED) is 0.116. The highest BCUT2D eigenvalue weighted by Gasteiger charge is 2.24. The number of aromatic nitrogens is 4. The summed E-state index contributed by atoms with van der Waals surface area (Å²) in [5.41, 5.74) is 5.92. The highest BCUT2D eigenvalue weighted by atomic mass is 16.5. The van der Waals surface area contributed by atoms with Crippen LogP contribution in [0.15, 0.2) is 83.3 Å². The Kier molecular flexibility index (Phi) is 6.86. The van der Waals surface area contributed by atoms with Crippen molar-refractivity contribution in [2.75, 3.05) is 6.54 Å². The number of para-hydroxylation sites is 2. The zero-order chi connectivity index (χ0) is 30.2. The van der Waals surface area contributed by atoms with Crippen molar-refractivity contribution in [3.8, 4) is 11.6 Å². The van der Waals surface area contributed by atoms with Gasteiger partial charge in [0.25, 0.3) is 5.91 Å². The second-order valence-corrected chi connectivity index (χ2v) is 10.6. The number of nitrogens with one attached hydrogen (secondary N) is 1. The first-order valence-electron chi connectivity index (χ1n) is 14.4. The molecule has 1 amide bonds. The monoisotopic (exact) mass is 584 g/mol. The molecule has 3 aromatic heterocycles. The van der Waals surface area contributed by atoms with Crippen LogP contribution in [0.4, 0.5) is 5.88 Å². The second kappa shape index (κ2) is 11.1. The number of carbonyl (C=O) groups excluding carboxylic acids is 2. The molecular formula is C34H28N6O4. The molecule has 2 aliphatic heterocycles. The minimum atomic E-state index is -0.112. The van der Waals surface area contributed by atoms with E-state index in [0.29, 0.717) is 41.4 Å². The topological polar surface area (TPSA) is 121 Å². The van der Waals surface area contributed by atoms with Gasteiger partial charge in [-0.3, -0.25) is 9.59 Å². The van der Waals surface area contributed by atoms with Crippen molar-refractivity contribution < 1.29 is 18.7 Å². The summed E-state index contributed by atoms with van der Waals surface area (Å²) in [6.45, 7) is 5.18. The number of hydrogen-bond acceptors (Lipinski definition) is 6. The van der Waals surface area contributed by atoms with Gasteiger partial charge in [-0.1, -0.05) is 48.5 Å². The average Bonchev–Trinajstić information content (AvgIpc) is 3.70. The Balaban J connectivity index is 0.000000142. The lowest BCUT2D eigenvalue weighted by atomic mass is 10.1. The summed E-state index contributed by atoms with van der Waals surface area (Å²) in [6.07, 6.45) is 5.58. The van der Waals surface area contributed by atoms with Gasteiger partial charge in [-0.05, 0) is 48.4 Å². The fourth-order valence-corrected chi connectivity index (χ4v) is 5.78. The van der Waals surface area contributed by atoms with Gasteiger partial charge in [0.05, 0.1) is 33.7 Å². The van der Waals surface area contributed by atoms with Crippen LogP contribution in [0, 0.1) is 5.21 Å². The fraction of sp³-hybridized carbons (Fsp3) is 0.147. The zero-order valence-corrected chi connectivity index (χ0v) is 23.8. The van der Waals surface area contributed by atoms with Gasteiger partial charge in [0.1, 0.15) is 12.5 Å². The molecule has 0 aliphatic carbocycles. The van der Waals surface area contributed by atoms with Crippen molar-refractivity contribution in [1.29, 1.82) is 0 Å². The third-order valence-electron chi connectivity index (χ3n) is 7.80. The number of rotatable bonds is 4. The Morgan fingerprint density at radius 2 is 1.59 bits per heavy atom. The number of amides is 1. The molecule has 0 fully saturated rings. The van der Waals surface area contributed by atoms with Gasteiger partial charge in [0.2, 0.25) is 0 Å². The van der Waals surface area contributed by atoms with Crippen LogP contribution < -0.4 is 5.32 Å². The Labute approximate surface area is 252 Å². The molecule has 5 heterocycles. The van der Waals surface area contributed by atoms with Crippen LogP contribution in [0.5, 0.6) is 0 Å². The van der Waals surface area contributed by atoms with Gasteiger partial charge in [-0.15, -0.1) is 4.74 Å². The molecule has 2 aliphatic rings. The Bertz CT molecular complexity index is 2100. The van der Waals surface area contributed by atoms with E-state index in [1.165, 1.54) is 0 Å². The number of furan rings is 1. The molecule has 0 saturated carbocycles. The minimum absolute atomic E-state index is 0.109. The number of hydrogen-bond donors (Lipinski definition) is 1. The zero-order valence-electron chi connectivity index (χ0n) is 23.8. The van der Waals surface area contributed by atoms with Gasteiger partial charge < -0.3 is 24.1 Å². The number of nitrogens with zero attached hydrogens (tertiary/aromatic N) is 5. The summed E-state index contributed by atoms with van der Waals surface area (Å²) in [5.74, 6) is 2.20. The van der Waals surface area contributed by atoms with E-state index < -0.39 is 0 Å². The third-order valence-corrected chi connectivity index (χ3v) is 7.80. The largest absolute Gasteiger partial charge is 0.616 e. The lowest BCUT2D eigenvalue weighted by Crippen LogP contribution is -2.24.